The van der Waals surface area contributed by atoms with Crippen LogP contribution in [0, 0.1) is 17.7 Å². The fourth-order valence-corrected chi connectivity index (χ4v) is 2.53. The van der Waals surface area contributed by atoms with Gasteiger partial charge in [-0.25, -0.2) is 0 Å². The van der Waals surface area contributed by atoms with Crippen molar-refractivity contribution in [1.29, 1.82) is 10.8 Å². The van der Waals surface area contributed by atoms with Gasteiger partial charge >= 0.3 is 0 Å². The molecule has 0 bridgehead atoms. The second-order valence-corrected chi connectivity index (χ2v) is 5.17. The van der Waals surface area contributed by atoms with Crippen LogP contribution in [0.15, 0.2) is 48.5 Å². The fraction of sp³-hybridized carbons (Fsp3) is 0.118. The number of hydrogen-bond acceptors (Lipinski definition) is 4. The molecule has 0 amide bonds. The summed E-state index contributed by atoms with van der Waals surface area (Å²) in [6.45, 7) is 2.02. The van der Waals surface area contributed by atoms with E-state index in [1.165, 1.54) is 4.57 Å². The van der Waals surface area contributed by atoms with E-state index in [4.69, 9.17) is 10.8 Å². The molecule has 0 unspecified atom stereocenters. The first-order valence-corrected chi connectivity index (χ1v) is 6.98. The van der Waals surface area contributed by atoms with Crippen molar-refractivity contribution in [2.45, 2.75) is 6.92 Å². The Labute approximate surface area is 128 Å². The third kappa shape index (κ3) is 2.26. The van der Waals surface area contributed by atoms with Crippen LogP contribution in [0.25, 0.3) is 10.9 Å². The molecule has 0 aliphatic heterocycles. The number of fused-ring (bicyclic) bond motifs is 1. The van der Waals surface area contributed by atoms with Gasteiger partial charge in [0.2, 0.25) is 5.62 Å². The van der Waals surface area contributed by atoms with E-state index < -0.39 is 0 Å². The number of para-hydroxylation sites is 1. The number of anilines is 2. The Morgan fingerprint density at radius 1 is 1.14 bits per heavy atom. The van der Waals surface area contributed by atoms with E-state index in [9.17, 15) is 0 Å². The summed E-state index contributed by atoms with van der Waals surface area (Å²) in [5, 5.41) is 16.5. The van der Waals surface area contributed by atoms with Crippen LogP contribution in [0.4, 0.5) is 11.5 Å². The molecule has 2 aromatic carbocycles. The molecule has 0 aliphatic rings. The summed E-state index contributed by atoms with van der Waals surface area (Å²) >= 11 is 0. The Hall–Kier alpha value is -2.95. The number of hydrogen-bond donors (Lipinski definition) is 2. The minimum Gasteiger partial charge on any atom is -0.329 e. The van der Waals surface area contributed by atoms with Crippen molar-refractivity contribution in [2.24, 2.45) is 0 Å². The summed E-state index contributed by atoms with van der Waals surface area (Å²) < 4.78 is 1.47. The maximum Gasteiger partial charge on any atom is 0.229 e. The van der Waals surface area contributed by atoms with E-state index in [-0.39, 0.29) is 5.62 Å². The number of nitrogens with zero attached hydrogens (tertiary/aromatic N) is 3. The van der Waals surface area contributed by atoms with Crippen molar-refractivity contribution < 1.29 is 0 Å². The molecule has 5 heteroatoms. The van der Waals surface area contributed by atoms with Crippen LogP contribution in [0.5, 0.6) is 0 Å². The van der Waals surface area contributed by atoms with Crippen LogP contribution < -0.4 is 10.5 Å². The van der Waals surface area contributed by atoms with Gasteiger partial charge in [0.25, 0.3) is 0 Å². The van der Waals surface area contributed by atoms with E-state index in [1.54, 1.807) is 0 Å². The summed E-state index contributed by atoms with van der Waals surface area (Å²) in [7, 11) is 1.94. The molecule has 0 spiro atoms. The van der Waals surface area contributed by atoms with Crippen molar-refractivity contribution in [3.8, 4) is 0 Å². The SMILES string of the molecule is Cc1ccc2c(c1)c(N(C)c1ccccc1)nc(=N)n2C=N. The van der Waals surface area contributed by atoms with Crippen LogP contribution in [0.3, 0.4) is 0 Å². The lowest BCUT2D eigenvalue weighted by atomic mass is 10.1. The quantitative estimate of drug-likeness (QED) is 0.575. The summed E-state index contributed by atoms with van der Waals surface area (Å²) in [5.74, 6) is 0.716. The number of rotatable bonds is 3. The van der Waals surface area contributed by atoms with E-state index in [0.717, 1.165) is 28.5 Å². The van der Waals surface area contributed by atoms with Gasteiger partial charge in [-0.15, -0.1) is 0 Å². The highest BCUT2D eigenvalue weighted by atomic mass is 15.2. The van der Waals surface area contributed by atoms with Crippen molar-refractivity contribution in [1.82, 2.24) is 9.55 Å². The molecule has 1 aromatic heterocycles. The maximum absolute atomic E-state index is 8.08. The molecule has 5 nitrogen and oxygen atoms in total. The van der Waals surface area contributed by atoms with E-state index in [0.29, 0.717) is 5.82 Å². The predicted molar refractivity (Wildman–Crippen MR) is 89.0 cm³/mol. The number of aromatic nitrogens is 2. The van der Waals surface area contributed by atoms with Gasteiger partial charge in [0, 0.05) is 18.1 Å². The topological polar surface area (TPSA) is 68.8 Å². The number of aryl methyl sites for hydroxylation is 1. The Kier molecular flexibility index (Phi) is 3.47. The molecular formula is C17H17N5. The normalized spacial score (nSPS) is 10.6. The molecular weight excluding hydrogens is 274 g/mol. The zero-order valence-electron chi connectivity index (χ0n) is 12.5. The lowest BCUT2D eigenvalue weighted by Gasteiger charge is -2.21. The van der Waals surface area contributed by atoms with Crippen molar-refractivity contribution in [2.75, 3.05) is 11.9 Å². The van der Waals surface area contributed by atoms with Gasteiger partial charge in [-0.2, -0.15) is 4.98 Å². The predicted octanol–water partition coefficient (Wildman–Crippen LogP) is 3.05. The zero-order chi connectivity index (χ0) is 15.7. The molecule has 1 heterocycles. The highest BCUT2D eigenvalue weighted by molar-refractivity contribution is 5.94. The van der Waals surface area contributed by atoms with Gasteiger partial charge in [0.1, 0.15) is 5.82 Å². The van der Waals surface area contributed by atoms with E-state index in [1.807, 2.05) is 67.4 Å². The molecule has 110 valence electrons. The lowest BCUT2D eigenvalue weighted by molar-refractivity contribution is 0.915. The molecule has 22 heavy (non-hydrogen) atoms. The minimum absolute atomic E-state index is 0.0455. The number of nitrogens with one attached hydrogen (secondary N) is 2. The number of benzene rings is 2. The van der Waals surface area contributed by atoms with Crippen molar-refractivity contribution >= 4 is 28.7 Å². The first kappa shape index (κ1) is 14.0. The molecule has 0 saturated heterocycles. The molecule has 3 rings (SSSR count). The van der Waals surface area contributed by atoms with Gasteiger partial charge in [-0.1, -0.05) is 29.8 Å². The second-order valence-electron chi connectivity index (χ2n) is 5.17. The highest BCUT2D eigenvalue weighted by Crippen LogP contribution is 2.28. The van der Waals surface area contributed by atoms with Gasteiger partial charge in [0.05, 0.1) is 11.9 Å². The maximum atomic E-state index is 8.08. The molecule has 0 saturated carbocycles. The molecule has 0 radical (unpaired) electrons. The van der Waals surface area contributed by atoms with Gasteiger partial charge in [-0.3, -0.25) is 15.4 Å². The average Bonchev–Trinajstić information content (AvgIpc) is 2.54. The van der Waals surface area contributed by atoms with Crippen molar-refractivity contribution in [3.63, 3.8) is 0 Å². The lowest BCUT2D eigenvalue weighted by Crippen LogP contribution is -2.26. The standard InChI is InChI=1S/C17H17N5/c1-12-8-9-15-14(10-12)16(20-17(19)22(15)11-18)21(2)13-6-4-3-5-7-13/h3-11,18-19H,1-2H3. The highest BCUT2D eigenvalue weighted by Gasteiger charge is 2.13. The summed E-state index contributed by atoms with van der Waals surface area (Å²) in [6, 6.07) is 15.9. The summed E-state index contributed by atoms with van der Waals surface area (Å²) in [6.07, 6.45) is 1.12. The van der Waals surface area contributed by atoms with Crippen LogP contribution in [-0.2, 0) is 0 Å². The Bertz CT molecular complexity index is 896. The fourth-order valence-electron chi connectivity index (χ4n) is 2.53. The van der Waals surface area contributed by atoms with Crippen LogP contribution >= 0.6 is 0 Å². The van der Waals surface area contributed by atoms with Gasteiger partial charge in [-0.05, 0) is 31.2 Å². The van der Waals surface area contributed by atoms with Crippen LogP contribution in [-0.4, -0.2) is 22.9 Å². The van der Waals surface area contributed by atoms with Crippen LogP contribution in [0.1, 0.15) is 5.56 Å². The monoisotopic (exact) mass is 291 g/mol. The molecule has 2 N–H and O–H groups in total. The third-order valence-electron chi connectivity index (χ3n) is 3.68. The Morgan fingerprint density at radius 3 is 2.55 bits per heavy atom. The second kappa shape index (κ2) is 5.44. The Morgan fingerprint density at radius 2 is 1.86 bits per heavy atom. The van der Waals surface area contributed by atoms with E-state index in [2.05, 4.69) is 4.98 Å². The van der Waals surface area contributed by atoms with Gasteiger partial charge in [0.15, 0.2) is 0 Å². The van der Waals surface area contributed by atoms with Gasteiger partial charge < -0.3 is 4.90 Å². The average molecular weight is 291 g/mol. The largest absolute Gasteiger partial charge is 0.329 e. The molecule has 0 aliphatic carbocycles. The first-order valence-electron chi connectivity index (χ1n) is 6.98. The molecule has 3 aromatic rings. The smallest absolute Gasteiger partial charge is 0.229 e. The summed E-state index contributed by atoms with van der Waals surface area (Å²) in [5.41, 5.74) is 2.97. The Balaban J connectivity index is 2.32. The van der Waals surface area contributed by atoms with Crippen molar-refractivity contribution in [3.05, 3.63) is 59.7 Å². The van der Waals surface area contributed by atoms with E-state index >= 15 is 0 Å². The molecule has 0 fully saturated rings. The summed E-state index contributed by atoms with van der Waals surface area (Å²) in [4.78, 5) is 6.36. The zero-order valence-corrected chi connectivity index (χ0v) is 12.5. The third-order valence-corrected chi connectivity index (χ3v) is 3.68. The molecule has 0 atom stereocenters. The first-order chi connectivity index (χ1) is 10.6. The van der Waals surface area contributed by atoms with Crippen LogP contribution in [0.2, 0.25) is 0 Å². The minimum atomic E-state index is 0.0455.